The van der Waals surface area contributed by atoms with Gasteiger partial charge in [0, 0.05) is 17.3 Å². The van der Waals surface area contributed by atoms with Crippen LogP contribution in [0.1, 0.15) is 33.8 Å². The molecule has 1 amide bonds. The van der Waals surface area contributed by atoms with Gasteiger partial charge < -0.3 is 9.32 Å². The third-order valence-electron chi connectivity index (χ3n) is 4.89. The van der Waals surface area contributed by atoms with Gasteiger partial charge in [-0.1, -0.05) is 29.8 Å². The maximum absolute atomic E-state index is 13.0. The van der Waals surface area contributed by atoms with Gasteiger partial charge in [0.15, 0.2) is 0 Å². The lowest BCUT2D eigenvalue weighted by molar-refractivity contribution is -0.159. The maximum Gasteiger partial charge on any atom is 0.406 e. The molecule has 0 atom stereocenters. The number of hydrogen-bond donors (Lipinski definition) is 0. The van der Waals surface area contributed by atoms with E-state index in [9.17, 15) is 18.0 Å². The average molecular weight is 431 g/mol. The second-order valence-corrected chi connectivity index (χ2v) is 7.45. The molecule has 3 aromatic rings. The number of aromatic nitrogens is 2. The van der Waals surface area contributed by atoms with E-state index < -0.39 is 18.6 Å². The predicted octanol–water partition coefficient (Wildman–Crippen LogP) is 5.05. The van der Waals surface area contributed by atoms with Crippen molar-refractivity contribution < 1.29 is 22.4 Å². The lowest BCUT2D eigenvalue weighted by Crippen LogP contribution is -2.37. The van der Waals surface area contributed by atoms with E-state index in [1.807, 2.05) is 42.8 Å². The highest BCUT2D eigenvalue weighted by Gasteiger charge is 2.32. The molecule has 31 heavy (non-hydrogen) atoms. The van der Waals surface area contributed by atoms with Crippen LogP contribution in [0.5, 0.6) is 0 Å². The lowest BCUT2D eigenvalue weighted by atomic mass is 10.1. The summed E-state index contributed by atoms with van der Waals surface area (Å²) in [6.45, 7) is 4.63. The molecule has 0 unspecified atom stereocenters. The monoisotopic (exact) mass is 431 g/mol. The second-order valence-electron chi connectivity index (χ2n) is 7.45. The molecule has 0 saturated heterocycles. The Kier molecular flexibility index (Phi) is 6.68. The Balaban J connectivity index is 1.77. The van der Waals surface area contributed by atoms with Crippen LogP contribution in [0.3, 0.4) is 0 Å². The van der Waals surface area contributed by atoms with E-state index in [4.69, 9.17) is 4.42 Å². The molecule has 2 aromatic heterocycles. The van der Waals surface area contributed by atoms with E-state index in [0.717, 1.165) is 22.9 Å². The van der Waals surface area contributed by atoms with Crippen molar-refractivity contribution in [2.24, 2.45) is 0 Å². The zero-order chi connectivity index (χ0) is 22.6. The standard InChI is InChI=1S/C23H24F3N3O2/c1-16-6-8-19(9-7-16)13-29-18(3)21(17(2)27-29)10-11-22(30)28(15-23(24,25)26)14-20-5-4-12-31-20/h4-12H,13-15H2,1-3H3/b11-10+. The summed E-state index contributed by atoms with van der Waals surface area (Å²) in [4.78, 5) is 13.2. The Morgan fingerprint density at radius 3 is 2.48 bits per heavy atom. The molecule has 3 rings (SSSR count). The van der Waals surface area contributed by atoms with Crippen LogP contribution in [0, 0.1) is 20.8 Å². The van der Waals surface area contributed by atoms with Crippen molar-refractivity contribution in [3.8, 4) is 0 Å². The lowest BCUT2D eigenvalue weighted by Gasteiger charge is -2.21. The molecule has 0 N–H and O–H groups in total. The molecule has 0 bridgehead atoms. The van der Waals surface area contributed by atoms with Crippen LogP contribution in [-0.4, -0.2) is 33.3 Å². The van der Waals surface area contributed by atoms with E-state index in [0.29, 0.717) is 22.7 Å². The van der Waals surface area contributed by atoms with Crippen LogP contribution < -0.4 is 0 Å². The quantitative estimate of drug-likeness (QED) is 0.492. The molecule has 1 aromatic carbocycles. The van der Waals surface area contributed by atoms with Crippen molar-refractivity contribution in [1.29, 1.82) is 0 Å². The molecule has 0 aliphatic heterocycles. The number of furan rings is 1. The van der Waals surface area contributed by atoms with Crippen LogP contribution in [-0.2, 0) is 17.9 Å². The van der Waals surface area contributed by atoms with E-state index >= 15 is 0 Å². The minimum absolute atomic E-state index is 0.264. The minimum atomic E-state index is -4.51. The highest BCUT2D eigenvalue weighted by atomic mass is 19.4. The summed E-state index contributed by atoms with van der Waals surface area (Å²) < 4.78 is 45.8. The number of amides is 1. The average Bonchev–Trinajstić information content (AvgIpc) is 3.29. The van der Waals surface area contributed by atoms with Gasteiger partial charge in [-0.05, 0) is 44.5 Å². The summed E-state index contributed by atoms with van der Waals surface area (Å²) in [7, 11) is 0. The van der Waals surface area contributed by atoms with E-state index in [2.05, 4.69) is 5.10 Å². The van der Waals surface area contributed by atoms with Gasteiger partial charge in [-0.25, -0.2) is 0 Å². The molecule has 0 spiro atoms. The number of hydrogen-bond acceptors (Lipinski definition) is 3. The van der Waals surface area contributed by atoms with Gasteiger partial charge in [0.05, 0.1) is 25.0 Å². The first kappa shape index (κ1) is 22.4. The van der Waals surface area contributed by atoms with Crippen LogP contribution >= 0.6 is 0 Å². The molecule has 0 aliphatic carbocycles. The maximum atomic E-state index is 13.0. The van der Waals surface area contributed by atoms with Crippen LogP contribution in [0.2, 0.25) is 0 Å². The van der Waals surface area contributed by atoms with Crippen LogP contribution in [0.4, 0.5) is 13.2 Å². The van der Waals surface area contributed by atoms with Crippen LogP contribution in [0.15, 0.2) is 53.2 Å². The number of alkyl halides is 3. The highest BCUT2D eigenvalue weighted by molar-refractivity contribution is 5.92. The Bertz CT molecular complexity index is 1050. The first-order valence-corrected chi connectivity index (χ1v) is 9.78. The van der Waals surface area contributed by atoms with Gasteiger partial charge >= 0.3 is 6.18 Å². The fourth-order valence-corrected chi connectivity index (χ4v) is 3.25. The third kappa shape index (κ3) is 6.10. The number of rotatable bonds is 7. The predicted molar refractivity (Wildman–Crippen MR) is 111 cm³/mol. The number of benzene rings is 1. The van der Waals surface area contributed by atoms with Gasteiger partial charge in [-0.2, -0.15) is 18.3 Å². The first-order valence-electron chi connectivity index (χ1n) is 9.78. The Hall–Kier alpha value is -3.29. The van der Waals surface area contributed by atoms with E-state index in [1.54, 1.807) is 13.0 Å². The number of aryl methyl sites for hydroxylation is 2. The van der Waals surface area contributed by atoms with Crippen molar-refractivity contribution in [2.75, 3.05) is 6.54 Å². The topological polar surface area (TPSA) is 51.3 Å². The number of carbonyl (C=O) groups excluding carboxylic acids is 1. The Morgan fingerprint density at radius 2 is 1.87 bits per heavy atom. The number of nitrogens with zero attached hydrogens (tertiary/aromatic N) is 3. The van der Waals surface area contributed by atoms with Gasteiger partial charge in [-0.15, -0.1) is 0 Å². The number of carbonyl (C=O) groups is 1. The van der Waals surface area contributed by atoms with Gasteiger partial charge in [0.2, 0.25) is 5.91 Å². The summed E-state index contributed by atoms with van der Waals surface area (Å²) in [5.41, 5.74) is 4.48. The van der Waals surface area contributed by atoms with E-state index in [-0.39, 0.29) is 12.3 Å². The van der Waals surface area contributed by atoms with Crippen LogP contribution in [0.25, 0.3) is 6.08 Å². The molecule has 0 saturated carbocycles. The fraction of sp³-hybridized carbons (Fsp3) is 0.304. The van der Waals surface area contributed by atoms with Crippen molar-refractivity contribution in [2.45, 2.75) is 40.0 Å². The van der Waals surface area contributed by atoms with Crippen molar-refractivity contribution >= 4 is 12.0 Å². The zero-order valence-electron chi connectivity index (χ0n) is 17.6. The summed E-state index contributed by atoms with van der Waals surface area (Å²) in [5, 5.41) is 4.52. The SMILES string of the molecule is Cc1ccc(Cn2nc(C)c(/C=C/C(=O)N(Cc3ccco3)CC(F)(F)F)c2C)cc1. The summed E-state index contributed by atoms with van der Waals surface area (Å²) >= 11 is 0. The fourth-order valence-electron chi connectivity index (χ4n) is 3.25. The minimum Gasteiger partial charge on any atom is -0.467 e. The second kappa shape index (κ2) is 9.24. The summed E-state index contributed by atoms with van der Waals surface area (Å²) in [6, 6.07) is 11.2. The Morgan fingerprint density at radius 1 is 1.16 bits per heavy atom. The largest absolute Gasteiger partial charge is 0.467 e. The molecule has 8 heteroatoms. The van der Waals surface area contributed by atoms with Crippen molar-refractivity contribution in [3.63, 3.8) is 0 Å². The molecule has 164 valence electrons. The molecule has 2 heterocycles. The Labute approximate surface area is 178 Å². The molecular weight excluding hydrogens is 407 g/mol. The summed E-state index contributed by atoms with van der Waals surface area (Å²) in [5.74, 6) is -0.469. The smallest absolute Gasteiger partial charge is 0.406 e. The van der Waals surface area contributed by atoms with Crippen molar-refractivity contribution in [1.82, 2.24) is 14.7 Å². The summed E-state index contributed by atoms with van der Waals surface area (Å²) in [6.07, 6.45) is -0.476. The first-order chi connectivity index (χ1) is 14.6. The zero-order valence-corrected chi connectivity index (χ0v) is 17.6. The molecule has 0 aliphatic rings. The van der Waals surface area contributed by atoms with Gasteiger partial charge in [0.1, 0.15) is 12.3 Å². The molecule has 0 radical (unpaired) electrons. The normalized spacial score (nSPS) is 11.9. The number of halogens is 3. The molecule has 5 nitrogen and oxygen atoms in total. The van der Waals surface area contributed by atoms with Gasteiger partial charge in [0.25, 0.3) is 0 Å². The van der Waals surface area contributed by atoms with Crippen molar-refractivity contribution in [3.05, 3.63) is 82.6 Å². The van der Waals surface area contributed by atoms with E-state index in [1.165, 1.54) is 18.4 Å². The third-order valence-corrected chi connectivity index (χ3v) is 4.89. The van der Waals surface area contributed by atoms with Gasteiger partial charge in [-0.3, -0.25) is 9.48 Å². The highest BCUT2D eigenvalue weighted by Crippen LogP contribution is 2.20. The molecular formula is C23H24F3N3O2. The molecule has 0 fully saturated rings.